The van der Waals surface area contributed by atoms with Gasteiger partial charge in [-0.2, -0.15) is 24.4 Å². The summed E-state index contributed by atoms with van der Waals surface area (Å²) in [5, 5.41) is 25.4. The summed E-state index contributed by atoms with van der Waals surface area (Å²) in [5.41, 5.74) is 6.71. The molecule has 0 aromatic heterocycles. The van der Waals surface area contributed by atoms with Crippen molar-refractivity contribution in [3.8, 4) is 0 Å². The van der Waals surface area contributed by atoms with E-state index in [2.05, 4.69) is 28.6 Å². The van der Waals surface area contributed by atoms with Crippen LogP contribution in [0.15, 0.2) is 30.3 Å². The van der Waals surface area contributed by atoms with Crippen LogP contribution in [0.2, 0.25) is 0 Å². The first-order valence-electron chi connectivity index (χ1n) is 10.3. The predicted octanol–water partition coefficient (Wildman–Crippen LogP) is -0.747. The third-order valence-electron chi connectivity index (χ3n) is 4.69. The molecular formula is C21H30N4O7S2. The summed E-state index contributed by atoms with van der Waals surface area (Å²) >= 11 is 5.29. The second-order valence-electron chi connectivity index (χ2n) is 7.38. The van der Waals surface area contributed by atoms with Gasteiger partial charge in [0, 0.05) is 5.75 Å². The Balaban J connectivity index is 2.91. The van der Waals surface area contributed by atoms with Crippen molar-refractivity contribution < 1.29 is 34.2 Å². The minimum absolute atomic E-state index is 0.152. The molecule has 0 heterocycles. The minimum Gasteiger partial charge on any atom is -0.481 e. The monoisotopic (exact) mass is 514 g/mol. The summed E-state index contributed by atoms with van der Waals surface area (Å²) in [5.74, 6) is -4.73. The van der Waals surface area contributed by atoms with Crippen LogP contribution in [0.4, 0.5) is 0 Å². The lowest BCUT2D eigenvalue weighted by molar-refractivity contribution is -0.142. The Morgan fingerprint density at radius 2 is 1.50 bits per heavy atom. The fourth-order valence-electron chi connectivity index (χ4n) is 2.86. The largest absolute Gasteiger partial charge is 0.481 e. The molecule has 0 fully saturated rings. The Morgan fingerprint density at radius 1 is 0.941 bits per heavy atom. The second kappa shape index (κ2) is 15.2. The summed E-state index contributed by atoms with van der Waals surface area (Å²) in [6.45, 7) is 0. The fourth-order valence-corrected chi connectivity index (χ4v) is 3.58. The molecule has 4 unspecified atom stereocenters. The van der Waals surface area contributed by atoms with Gasteiger partial charge in [-0.3, -0.25) is 19.2 Å². The van der Waals surface area contributed by atoms with Crippen LogP contribution in [-0.4, -0.2) is 81.8 Å². The zero-order chi connectivity index (χ0) is 25.7. The highest BCUT2D eigenvalue weighted by Crippen LogP contribution is 2.06. The fraction of sp³-hybridized carbons (Fsp3) is 0.476. The lowest BCUT2D eigenvalue weighted by Gasteiger charge is -2.24. The molecule has 1 aromatic rings. The third-order valence-corrected chi connectivity index (χ3v) is 5.70. The average Bonchev–Trinajstić information content (AvgIpc) is 2.79. The predicted molar refractivity (Wildman–Crippen MR) is 131 cm³/mol. The van der Waals surface area contributed by atoms with Gasteiger partial charge in [0.15, 0.2) is 0 Å². The molecule has 13 heteroatoms. The number of carbonyl (C=O) groups excluding carboxylic acids is 3. The number of thiol groups is 1. The van der Waals surface area contributed by atoms with Crippen molar-refractivity contribution in [3.63, 3.8) is 0 Å². The van der Waals surface area contributed by atoms with Crippen molar-refractivity contribution >= 4 is 54.1 Å². The number of nitrogens with one attached hydrogen (secondary N) is 3. The van der Waals surface area contributed by atoms with E-state index in [0.29, 0.717) is 5.75 Å². The Labute approximate surface area is 207 Å². The van der Waals surface area contributed by atoms with Crippen molar-refractivity contribution in [1.29, 1.82) is 0 Å². The first kappa shape index (κ1) is 29.3. The molecule has 0 aliphatic rings. The number of aliphatic carboxylic acids is 2. The molecule has 4 atom stereocenters. The first-order chi connectivity index (χ1) is 16.1. The second-order valence-corrected chi connectivity index (χ2v) is 8.73. The molecule has 188 valence electrons. The third kappa shape index (κ3) is 10.4. The summed E-state index contributed by atoms with van der Waals surface area (Å²) in [7, 11) is 0. The smallest absolute Gasteiger partial charge is 0.327 e. The summed E-state index contributed by atoms with van der Waals surface area (Å²) in [6.07, 6.45) is 1.37. The van der Waals surface area contributed by atoms with E-state index in [0.717, 1.165) is 5.56 Å². The van der Waals surface area contributed by atoms with Gasteiger partial charge in [0.2, 0.25) is 17.7 Å². The lowest BCUT2D eigenvalue weighted by atomic mass is 10.0. The topological polar surface area (TPSA) is 188 Å². The normalized spacial score (nSPS) is 14.2. The number of carboxylic acids is 2. The molecule has 1 rings (SSSR count). The van der Waals surface area contributed by atoms with E-state index in [1.54, 1.807) is 36.6 Å². The van der Waals surface area contributed by atoms with Crippen molar-refractivity contribution in [1.82, 2.24) is 16.0 Å². The molecule has 0 aliphatic carbocycles. The van der Waals surface area contributed by atoms with Crippen molar-refractivity contribution in [3.05, 3.63) is 35.9 Å². The number of benzene rings is 1. The number of nitrogens with two attached hydrogens (primary N) is 1. The number of hydrogen-bond acceptors (Lipinski definition) is 8. The van der Waals surface area contributed by atoms with Gasteiger partial charge in [0.05, 0.1) is 12.5 Å². The molecule has 11 nitrogen and oxygen atoms in total. The Bertz CT molecular complexity index is 857. The van der Waals surface area contributed by atoms with Crippen LogP contribution in [0.5, 0.6) is 0 Å². The van der Waals surface area contributed by atoms with E-state index >= 15 is 0 Å². The Kier molecular flexibility index (Phi) is 13.1. The van der Waals surface area contributed by atoms with Gasteiger partial charge < -0.3 is 31.9 Å². The van der Waals surface area contributed by atoms with Gasteiger partial charge in [0.25, 0.3) is 0 Å². The number of thioether (sulfide) groups is 1. The maximum absolute atomic E-state index is 12.8. The van der Waals surface area contributed by atoms with Crippen molar-refractivity contribution in [2.45, 2.75) is 43.4 Å². The van der Waals surface area contributed by atoms with Crippen LogP contribution in [0.3, 0.4) is 0 Å². The van der Waals surface area contributed by atoms with Crippen LogP contribution in [0.1, 0.15) is 18.4 Å². The molecular weight excluding hydrogens is 484 g/mol. The zero-order valence-electron chi connectivity index (χ0n) is 18.6. The van der Waals surface area contributed by atoms with E-state index in [-0.39, 0.29) is 18.6 Å². The van der Waals surface area contributed by atoms with E-state index in [1.165, 1.54) is 11.8 Å². The molecule has 7 N–H and O–H groups in total. The highest BCUT2D eigenvalue weighted by atomic mass is 32.2. The molecule has 0 bridgehead atoms. The molecule has 0 saturated heterocycles. The number of amides is 3. The Morgan fingerprint density at radius 3 is 2.03 bits per heavy atom. The molecule has 34 heavy (non-hydrogen) atoms. The van der Waals surface area contributed by atoms with Gasteiger partial charge in [-0.15, -0.1) is 0 Å². The Hall–Kier alpha value is -2.77. The number of carbonyl (C=O) groups is 5. The average molecular weight is 515 g/mol. The van der Waals surface area contributed by atoms with Gasteiger partial charge in [-0.05, 0) is 30.4 Å². The molecule has 3 amide bonds. The highest BCUT2D eigenvalue weighted by molar-refractivity contribution is 7.98. The molecule has 0 radical (unpaired) electrons. The van der Waals surface area contributed by atoms with Crippen molar-refractivity contribution in [2.75, 3.05) is 17.8 Å². The summed E-state index contributed by atoms with van der Waals surface area (Å²) in [6, 6.07) is 3.98. The zero-order valence-corrected chi connectivity index (χ0v) is 20.3. The number of rotatable bonds is 15. The van der Waals surface area contributed by atoms with Crippen LogP contribution < -0.4 is 21.7 Å². The SMILES string of the molecule is CSCCC(NC(=O)C(CC(=O)O)NC(=O)C(N)Cc1ccccc1)C(=O)NC(CS)C(=O)O. The summed E-state index contributed by atoms with van der Waals surface area (Å²) in [4.78, 5) is 60.4. The van der Waals surface area contributed by atoms with Gasteiger partial charge in [-0.25, -0.2) is 4.79 Å². The van der Waals surface area contributed by atoms with Crippen LogP contribution in [0, 0.1) is 0 Å². The van der Waals surface area contributed by atoms with Crippen LogP contribution >= 0.6 is 24.4 Å². The standard InChI is InChI=1S/C21H30N4O7S2/c1-34-8-7-14(19(29)25-16(11-33)21(31)32)23-20(30)15(10-17(26)27)24-18(28)13(22)9-12-5-3-2-4-6-12/h2-6,13-16,33H,7-11,22H2,1H3,(H,23,30)(H,24,28)(H,25,29)(H,26,27)(H,31,32). The van der Waals surface area contributed by atoms with E-state index in [1.807, 2.05) is 0 Å². The van der Waals surface area contributed by atoms with Crippen LogP contribution in [-0.2, 0) is 30.4 Å². The quantitative estimate of drug-likeness (QED) is 0.148. The number of carboxylic acid groups (broad SMARTS) is 2. The van der Waals surface area contributed by atoms with E-state index in [9.17, 15) is 29.1 Å². The molecule has 0 aliphatic heterocycles. The van der Waals surface area contributed by atoms with E-state index < -0.39 is 60.2 Å². The molecule has 0 spiro atoms. The minimum atomic E-state index is -1.49. The molecule has 0 saturated carbocycles. The summed E-state index contributed by atoms with van der Waals surface area (Å²) < 4.78 is 0. The first-order valence-corrected chi connectivity index (χ1v) is 12.4. The van der Waals surface area contributed by atoms with Crippen molar-refractivity contribution in [2.24, 2.45) is 5.73 Å². The lowest BCUT2D eigenvalue weighted by Crippen LogP contribution is -2.58. The number of hydrogen-bond donors (Lipinski definition) is 7. The maximum atomic E-state index is 12.8. The van der Waals surface area contributed by atoms with Crippen LogP contribution in [0.25, 0.3) is 0 Å². The highest BCUT2D eigenvalue weighted by Gasteiger charge is 2.31. The van der Waals surface area contributed by atoms with E-state index in [4.69, 9.17) is 10.8 Å². The van der Waals surface area contributed by atoms with Gasteiger partial charge in [0.1, 0.15) is 18.1 Å². The maximum Gasteiger partial charge on any atom is 0.327 e. The van der Waals surface area contributed by atoms with Gasteiger partial charge in [-0.1, -0.05) is 30.3 Å². The van der Waals surface area contributed by atoms with Gasteiger partial charge >= 0.3 is 11.9 Å². The molecule has 1 aromatic carbocycles.